The summed E-state index contributed by atoms with van der Waals surface area (Å²) in [7, 11) is 1.79. The molecule has 1 heterocycles. The molecule has 0 amide bonds. The van der Waals surface area contributed by atoms with Gasteiger partial charge in [0.1, 0.15) is 6.33 Å². The van der Waals surface area contributed by atoms with Gasteiger partial charge in [-0.2, -0.15) is 0 Å². The topological polar surface area (TPSA) is 35.0 Å². The lowest BCUT2D eigenvalue weighted by Gasteiger charge is -2.34. The van der Waals surface area contributed by atoms with Gasteiger partial charge in [0.2, 0.25) is 0 Å². The van der Waals surface area contributed by atoms with Crippen LogP contribution >= 0.6 is 0 Å². The van der Waals surface area contributed by atoms with Gasteiger partial charge in [-0.15, -0.1) is 0 Å². The summed E-state index contributed by atoms with van der Waals surface area (Å²) in [4.78, 5) is 8.73. The molecule has 2 rings (SSSR count). The van der Waals surface area contributed by atoms with Gasteiger partial charge in [-0.1, -0.05) is 20.8 Å². The smallest absolute Gasteiger partial charge is 0.115 e. The van der Waals surface area contributed by atoms with Gasteiger partial charge < -0.3 is 4.74 Å². The zero-order chi connectivity index (χ0) is 12.5. The Labute approximate surface area is 104 Å². The standard InChI is InChI=1S/C14H22N2O/c1-14(2,3)13-8-11(15-9-16-13)5-10-6-12(7-10)17-4/h8-10,12H,5-7H2,1-4H3. The van der Waals surface area contributed by atoms with Crippen molar-refractivity contribution in [2.75, 3.05) is 7.11 Å². The second-order valence-corrected chi connectivity index (χ2v) is 6.04. The number of ether oxygens (including phenoxy) is 1. The number of hydrogen-bond donors (Lipinski definition) is 0. The van der Waals surface area contributed by atoms with Crippen LogP contribution in [0.25, 0.3) is 0 Å². The maximum absolute atomic E-state index is 5.30. The van der Waals surface area contributed by atoms with Crippen molar-refractivity contribution in [3.8, 4) is 0 Å². The van der Waals surface area contributed by atoms with E-state index in [1.165, 1.54) is 18.5 Å². The number of aromatic nitrogens is 2. The summed E-state index contributed by atoms with van der Waals surface area (Å²) in [5, 5.41) is 0. The van der Waals surface area contributed by atoms with E-state index in [-0.39, 0.29) is 5.41 Å². The van der Waals surface area contributed by atoms with E-state index in [1.807, 2.05) is 0 Å². The van der Waals surface area contributed by atoms with E-state index in [1.54, 1.807) is 13.4 Å². The Hall–Kier alpha value is -0.960. The van der Waals surface area contributed by atoms with Crippen molar-refractivity contribution in [3.63, 3.8) is 0 Å². The van der Waals surface area contributed by atoms with Gasteiger partial charge in [0.15, 0.2) is 0 Å². The molecule has 0 atom stereocenters. The number of hydrogen-bond acceptors (Lipinski definition) is 3. The van der Waals surface area contributed by atoms with E-state index in [9.17, 15) is 0 Å². The van der Waals surface area contributed by atoms with Crippen molar-refractivity contribution in [2.45, 2.75) is 51.6 Å². The van der Waals surface area contributed by atoms with Crippen LogP contribution in [0.15, 0.2) is 12.4 Å². The Balaban J connectivity index is 1.98. The zero-order valence-corrected chi connectivity index (χ0v) is 11.2. The molecule has 17 heavy (non-hydrogen) atoms. The summed E-state index contributed by atoms with van der Waals surface area (Å²) in [6, 6.07) is 2.15. The van der Waals surface area contributed by atoms with E-state index in [2.05, 4.69) is 36.8 Å². The number of nitrogens with zero attached hydrogens (tertiary/aromatic N) is 2. The second kappa shape index (κ2) is 4.73. The maximum Gasteiger partial charge on any atom is 0.115 e. The molecule has 0 saturated heterocycles. The fourth-order valence-corrected chi connectivity index (χ4v) is 2.25. The fraction of sp³-hybridized carbons (Fsp3) is 0.714. The quantitative estimate of drug-likeness (QED) is 0.806. The average Bonchev–Trinajstić information content (AvgIpc) is 2.22. The van der Waals surface area contributed by atoms with Gasteiger partial charge in [0.25, 0.3) is 0 Å². The van der Waals surface area contributed by atoms with Gasteiger partial charge >= 0.3 is 0 Å². The van der Waals surface area contributed by atoms with Crippen LogP contribution in [0.4, 0.5) is 0 Å². The van der Waals surface area contributed by atoms with E-state index < -0.39 is 0 Å². The fourth-order valence-electron chi connectivity index (χ4n) is 2.25. The van der Waals surface area contributed by atoms with Crippen LogP contribution in [-0.4, -0.2) is 23.2 Å². The van der Waals surface area contributed by atoms with Crippen LogP contribution in [-0.2, 0) is 16.6 Å². The summed E-state index contributed by atoms with van der Waals surface area (Å²) in [5.41, 5.74) is 2.40. The molecule has 0 N–H and O–H groups in total. The maximum atomic E-state index is 5.30. The molecule has 1 aliphatic carbocycles. The van der Waals surface area contributed by atoms with Crippen LogP contribution < -0.4 is 0 Å². The SMILES string of the molecule is COC1CC(Cc2cc(C(C)(C)C)ncn2)C1. The lowest BCUT2D eigenvalue weighted by Crippen LogP contribution is -2.31. The Morgan fingerprint density at radius 2 is 2.00 bits per heavy atom. The molecule has 1 aromatic rings. The highest BCUT2D eigenvalue weighted by Crippen LogP contribution is 2.32. The summed E-state index contributed by atoms with van der Waals surface area (Å²) in [6.07, 6.45) is 5.58. The Morgan fingerprint density at radius 3 is 2.59 bits per heavy atom. The first kappa shape index (κ1) is 12.5. The van der Waals surface area contributed by atoms with Gasteiger partial charge in [-0.05, 0) is 31.2 Å². The highest BCUT2D eigenvalue weighted by atomic mass is 16.5. The summed E-state index contributed by atoms with van der Waals surface area (Å²) < 4.78 is 5.30. The van der Waals surface area contributed by atoms with Gasteiger partial charge in [-0.25, -0.2) is 9.97 Å². The third-order valence-corrected chi connectivity index (χ3v) is 3.52. The minimum Gasteiger partial charge on any atom is -0.381 e. The first-order chi connectivity index (χ1) is 7.99. The largest absolute Gasteiger partial charge is 0.381 e. The molecule has 0 bridgehead atoms. The molecule has 1 saturated carbocycles. The van der Waals surface area contributed by atoms with E-state index >= 15 is 0 Å². The Morgan fingerprint density at radius 1 is 1.29 bits per heavy atom. The van der Waals surface area contributed by atoms with Crippen LogP contribution in [0.3, 0.4) is 0 Å². The molecule has 0 aromatic carbocycles. The molecule has 1 fully saturated rings. The minimum absolute atomic E-state index is 0.104. The highest BCUT2D eigenvalue weighted by molar-refractivity contribution is 5.16. The van der Waals surface area contributed by atoms with Gasteiger partial charge in [0.05, 0.1) is 6.10 Å². The molecule has 3 nitrogen and oxygen atoms in total. The van der Waals surface area contributed by atoms with Crippen LogP contribution in [0, 0.1) is 5.92 Å². The number of rotatable bonds is 3. The summed E-state index contributed by atoms with van der Waals surface area (Å²) >= 11 is 0. The molecule has 0 unspecified atom stereocenters. The first-order valence-electron chi connectivity index (χ1n) is 6.33. The van der Waals surface area contributed by atoms with E-state index in [0.717, 1.165) is 18.0 Å². The van der Waals surface area contributed by atoms with Crippen LogP contribution in [0.1, 0.15) is 45.0 Å². The van der Waals surface area contributed by atoms with Gasteiger partial charge in [0, 0.05) is 23.9 Å². The van der Waals surface area contributed by atoms with Crippen molar-refractivity contribution >= 4 is 0 Å². The summed E-state index contributed by atoms with van der Waals surface area (Å²) in [5.74, 6) is 0.739. The van der Waals surface area contributed by atoms with Crippen molar-refractivity contribution in [1.29, 1.82) is 0 Å². The van der Waals surface area contributed by atoms with Gasteiger partial charge in [-0.3, -0.25) is 0 Å². The van der Waals surface area contributed by atoms with E-state index in [4.69, 9.17) is 4.74 Å². The molecule has 0 spiro atoms. The number of methoxy groups -OCH3 is 1. The zero-order valence-electron chi connectivity index (χ0n) is 11.2. The average molecular weight is 234 g/mol. The van der Waals surface area contributed by atoms with Crippen molar-refractivity contribution in [3.05, 3.63) is 23.8 Å². The van der Waals surface area contributed by atoms with Crippen LogP contribution in [0.2, 0.25) is 0 Å². The van der Waals surface area contributed by atoms with Crippen molar-refractivity contribution < 1.29 is 4.74 Å². The Bertz CT molecular complexity index is 378. The predicted octanol–water partition coefficient (Wildman–Crippen LogP) is 2.74. The molecule has 1 aromatic heterocycles. The predicted molar refractivity (Wildman–Crippen MR) is 68.0 cm³/mol. The van der Waals surface area contributed by atoms with E-state index in [0.29, 0.717) is 6.10 Å². The molecular formula is C14H22N2O. The third kappa shape index (κ3) is 3.03. The lowest BCUT2D eigenvalue weighted by atomic mass is 9.79. The second-order valence-electron chi connectivity index (χ2n) is 6.04. The highest BCUT2D eigenvalue weighted by Gasteiger charge is 2.29. The monoisotopic (exact) mass is 234 g/mol. The molecule has 0 radical (unpaired) electrons. The molecule has 1 aliphatic rings. The normalized spacial score (nSPS) is 24.5. The Kier molecular flexibility index (Phi) is 3.48. The molecule has 3 heteroatoms. The van der Waals surface area contributed by atoms with Crippen LogP contribution in [0.5, 0.6) is 0 Å². The van der Waals surface area contributed by atoms with Crippen molar-refractivity contribution in [2.24, 2.45) is 5.92 Å². The lowest BCUT2D eigenvalue weighted by molar-refractivity contribution is 0.00114. The summed E-state index contributed by atoms with van der Waals surface area (Å²) in [6.45, 7) is 6.55. The van der Waals surface area contributed by atoms with Crippen molar-refractivity contribution in [1.82, 2.24) is 9.97 Å². The molecule has 94 valence electrons. The third-order valence-electron chi connectivity index (χ3n) is 3.52. The molecule has 0 aliphatic heterocycles. The first-order valence-corrected chi connectivity index (χ1v) is 6.33. The molecular weight excluding hydrogens is 212 g/mol. The minimum atomic E-state index is 0.104.